The molecule has 1 N–H and O–H groups in total. The Morgan fingerprint density at radius 3 is 2.41 bits per heavy atom. The normalized spacial score (nSPS) is 32.2. The van der Waals surface area contributed by atoms with Crippen LogP contribution in [0.3, 0.4) is 0 Å². The largest absolute Gasteiger partial charge is 0.375 e. The molecule has 3 rings (SSSR count). The van der Waals surface area contributed by atoms with Crippen molar-refractivity contribution in [2.45, 2.75) is 63.1 Å². The van der Waals surface area contributed by atoms with Crippen molar-refractivity contribution in [2.75, 3.05) is 14.2 Å². The molecule has 0 radical (unpaired) electrons. The summed E-state index contributed by atoms with van der Waals surface area (Å²) < 4.78 is 46.5. The lowest BCUT2D eigenvalue weighted by molar-refractivity contribution is -0.235. The molecule has 27 heavy (non-hydrogen) atoms. The van der Waals surface area contributed by atoms with Gasteiger partial charge in [-0.1, -0.05) is 30.3 Å². The lowest BCUT2D eigenvalue weighted by Gasteiger charge is -2.37. The Morgan fingerprint density at radius 2 is 1.81 bits per heavy atom. The van der Waals surface area contributed by atoms with E-state index in [0.29, 0.717) is 0 Å². The monoisotopic (exact) mass is 402 g/mol. The molecule has 1 aromatic rings. The minimum Gasteiger partial charge on any atom is -0.375 e. The van der Waals surface area contributed by atoms with Gasteiger partial charge in [0.2, 0.25) is 0 Å². The van der Waals surface area contributed by atoms with E-state index < -0.39 is 43.3 Å². The molecular formula is C18H27O8P. The molecule has 0 aromatic heterocycles. The molecule has 0 amide bonds. The number of ether oxygens (including phenoxy) is 4. The fraction of sp³-hybridized carbons (Fsp3) is 0.667. The summed E-state index contributed by atoms with van der Waals surface area (Å²) >= 11 is 0. The van der Waals surface area contributed by atoms with Crippen molar-refractivity contribution in [2.24, 2.45) is 0 Å². The van der Waals surface area contributed by atoms with E-state index in [9.17, 15) is 9.67 Å². The Kier molecular flexibility index (Phi) is 5.83. The van der Waals surface area contributed by atoms with E-state index >= 15 is 0 Å². The second kappa shape index (κ2) is 7.54. The summed E-state index contributed by atoms with van der Waals surface area (Å²) in [6, 6.07) is 9.57. The van der Waals surface area contributed by atoms with Gasteiger partial charge < -0.3 is 33.1 Å². The van der Waals surface area contributed by atoms with Gasteiger partial charge in [-0.3, -0.25) is 4.57 Å². The van der Waals surface area contributed by atoms with Gasteiger partial charge in [0.15, 0.2) is 17.4 Å². The second-order valence-electron chi connectivity index (χ2n) is 7.24. The second-order valence-corrected chi connectivity index (χ2v) is 9.87. The Morgan fingerprint density at radius 1 is 1.19 bits per heavy atom. The van der Waals surface area contributed by atoms with E-state index in [0.717, 1.165) is 5.56 Å². The zero-order valence-electron chi connectivity index (χ0n) is 16.2. The summed E-state index contributed by atoms with van der Waals surface area (Å²) in [5.41, 5.74) is 0.944. The van der Waals surface area contributed by atoms with E-state index in [4.69, 9.17) is 28.0 Å². The SMILES string of the molecule is COP(=O)(OC)[C@@](C)(O)[C@H]1O[C@@H]2OC(C)(C)O[C@@H]2[C@H]1OCc1ccccc1. The van der Waals surface area contributed by atoms with Crippen LogP contribution in [0.4, 0.5) is 0 Å². The molecule has 2 aliphatic heterocycles. The maximum Gasteiger partial charge on any atom is 0.363 e. The molecule has 0 unspecified atom stereocenters. The van der Waals surface area contributed by atoms with Crippen molar-refractivity contribution in [1.29, 1.82) is 0 Å². The molecule has 0 spiro atoms. The third-order valence-corrected chi connectivity index (χ3v) is 7.18. The molecule has 5 atom stereocenters. The fourth-order valence-electron chi connectivity index (χ4n) is 3.47. The molecule has 8 nitrogen and oxygen atoms in total. The first kappa shape index (κ1) is 20.9. The van der Waals surface area contributed by atoms with Gasteiger partial charge in [-0.2, -0.15) is 0 Å². The summed E-state index contributed by atoms with van der Waals surface area (Å²) in [6.07, 6.45) is -3.15. The highest BCUT2D eigenvalue weighted by Crippen LogP contribution is 2.61. The van der Waals surface area contributed by atoms with Crippen molar-refractivity contribution < 1.29 is 37.7 Å². The first-order valence-corrected chi connectivity index (χ1v) is 10.3. The molecule has 2 fully saturated rings. The highest BCUT2D eigenvalue weighted by Gasteiger charge is 2.64. The summed E-state index contributed by atoms with van der Waals surface area (Å²) in [5, 5.41) is 9.08. The van der Waals surface area contributed by atoms with Gasteiger partial charge in [0.1, 0.15) is 18.3 Å². The standard InChI is InChI=1S/C18H27O8P/c1-17(2)25-14-13(23-11-12-9-7-6-8-10-12)15(24-16(14)26-17)18(3,19)27(20,21-4)22-5/h6-10,13-16,19H,11H2,1-5H3/t13-,14-,15+,16-,18-/m1/s1. The van der Waals surface area contributed by atoms with Crippen molar-refractivity contribution in [3.05, 3.63) is 35.9 Å². The average Bonchev–Trinajstić information content (AvgIpc) is 3.12. The minimum atomic E-state index is -3.90. The van der Waals surface area contributed by atoms with E-state index in [2.05, 4.69) is 0 Å². The molecule has 152 valence electrons. The predicted molar refractivity (Wildman–Crippen MR) is 96.0 cm³/mol. The molecule has 2 aliphatic rings. The Hall–Kier alpha value is -0.830. The van der Waals surface area contributed by atoms with Crippen LogP contribution >= 0.6 is 7.60 Å². The van der Waals surface area contributed by atoms with Crippen molar-refractivity contribution in [1.82, 2.24) is 0 Å². The number of benzene rings is 1. The van der Waals surface area contributed by atoms with Crippen molar-refractivity contribution >= 4 is 7.60 Å². The van der Waals surface area contributed by atoms with Crippen LogP contribution in [0.5, 0.6) is 0 Å². The van der Waals surface area contributed by atoms with Gasteiger partial charge in [-0.25, -0.2) is 0 Å². The van der Waals surface area contributed by atoms with Gasteiger partial charge in [0, 0.05) is 14.2 Å². The van der Waals surface area contributed by atoms with Crippen LogP contribution in [-0.2, 0) is 39.2 Å². The Balaban J connectivity index is 1.86. The van der Waals surface area contributed by atoms with E-state index in [1.165, 1.54) is 21.1 Å². The molecule has 0 aliphatic carbocycles. The first-order valence-electron chi connectivity index (χ1n) is 8.74. The molecule has 2 heterocycles. The van der Waals surface area contributed by atoms with E-state index in [1.807, 2.05) is 30.3 Å². The smallest absolute Gasteiger partial charge is 0.363 e. The quantitative estimate of drug-likeness (QED) is 0.696. The van der Waals surface area contributed by atoms with Gasteiger partial charge in [-0.15, -0.1) is 0 Å². The van der Waals surface area contributed by atoms with E-state index in [-0.39, 0.29) is 6.61 Å². The minimum absolute atomic E-state index is 0.263. The number of rotatable bonds is 7. The maximum atomic E-state index is 12.9. The molecule has 0 bridgehead atoms. The predicted octanol–water partition coefficient (Wildman–Crippen LogP) is 2.64. The number of hydrogen-bond donors (Lipinski definition) is 1. The van der Waals surface area contributed by atoms with Crippen LogP contribution in [0.2, 0.25) is 0 Å². The highest BCUT2D eigenvalue weighted by atomic mass is 31.2. The molecule has 2 saturated heterocycles. The lowest BCUT2D eigenvalue weighted by Crippen LogP contribution is -2.49. The van der Waals surface area contributed by atoms with Gasteiger partial charge in [0.25, 0.3) is 0 Å². The topological polar surface area (TPSA) is 92.7 Å². The summed E-state index contributed by atoms with van der Waals surface area (Å²) in [7, 11) is -1.47. The number of aliphatic hydroxyl groups is 1. The molecule has 0 saturated carbocycles. The summed E-state index contributed by atoms with van der Waals surface area (Å²) in [6.45, 7) is 5.14. The average molecular weight is 402 g/mol. The van der Waals surface area contributed by atoms with E-state index in [1.54, 1.807) is 13.8 Å². The van der Waals surface area contributed by atoms with Gasteiger partial charge >= 0.3 is 7.60 Å². The van der Waals surface area contributed by atoms with Crippen LogP contribution in [0.1, 0.15) is 26.3 Å². The van der Waals surface area contributed by atoms with Crippen LogP contribution in [0.15, 0.2) is 30.3 Å². The molecular weight excluding hydrogens is 375 g/mol. The van der Waals surface area contributed by atoms with Crippen molar-refractivity contribution in [3.63, 3.8) is 0 Å². The zero-order valence-corrected chi connectivity index (χ0v) is 17.0. The highest BCUT2D eigenvalue weighted by molar-refractivity contribution is 7.55. The van der Waals surface area contributed by atoms with Gasteiger partial charge in [0.05, 0.1) is 6.61 Å². The molecule has 9 heteroatoms. The molecule has 1 aromatic carbocycles. The van der Waals surface area contributed by atoms with Crippen LogP contribution in [0, 0.1) is 0 Å². The first-order chi connectivity index (χ1) is 12.6. The Labute approximate surface area is 159 Å². The number of fused-ring (bicyclic) bond motifs is 1. The zero-order chi connectivity index (χ0) is 19.9. The number of hydrogen-bond acceptors (Lipinski definition) is 8. The summed E-state index contributed by atoms with van der Waals surface area (Å²) in [5.74, 6) is -0.854. The third kappa shape index (κ3) is 3.86. The maximum absolute atomic E-state index is 12.9. The van der Waals surface area contributed by atoms with Crippen LogP contribution in [-0.4, -0.2) is 55.1 Å². The van der Waals surface area contributed by atoms with Crippen LogP contribution in [0.25, 0.3) is 0 Å². The Bertz CT molecular complexity index is 684. The van der Waals surface area contributed by atoms with Gasteiger partial charge in [-0.05, 0) is 26.3 Å². The van der Waals surface area contributed by atoms with Crippen LogP contribution < -0.4 is 0 Å². The third-order valence-electron chi connectivity index (χ3n) is 4.85. The lowest BCUT2D eigenvalue weighted by atomic mass is 10.1. The fourth-order valence-corrected chi connectivity index (χ4v) is 4.88. The van der Waals surface area contributed by atoms with Crippen molar-refractivity contribution in [3.8, 4) is 0 Å². The summed E-state index contributed by atoms with van der Waals surface area (Å²) in [4.78, 5) is 0.